The van der Waals surface area contributed by atoms with E-state index in [1.54, 1.807) is 11.9 Å². The van der Waals surface area contributed by atoms with Gasteiger partial charge in [-0.05, 0) is 6.92 Å². The summed E-state index contributed by atoms with van der Waals surface area (Å²) in [7, 11) is 1.69. The van der Waals surface area contributed by atoms with E-state index in [0.29, 0.717) is 12.2 Å². The minimum atomic E-state index is -1.13. The molecule has 7 nitrogen and oxygen atoms in total. The van der Waals surface area contributed by atoms with Gasteiger partial charge in [-0.15, -0.1) is 5.10 Å². The molecule has 0 aliphatic carbocycles. The van der Waals surface area contributed by atoms with Gasteiger partial charge < -0.3 is 10.0 Å². The van der Waals surface area contributed by atoms with Crippen molar-refractivity contribution in [3.8, 4) is 0 Å². The number of likely N-dealkylation sites (N-methyl/N-ethyl adjacent to an activating group) is 1. The smallest absolute Gasteiger partial charge is 0.358 e. The maximum Gasteiger partial charge on any atom is 0.358 e. The van der Waals surface area contributed by atoms with E-state index in [9.17, 15) is 9.59 Å². The molecule has 106 valence electrons. The molecule has 0 saturated heterocycles. The topological polar surface area (TPSA) is 88.3 Å². The Bertz CT molecular complexity index is 488. The third-order valence-electron chi connectivity index (χ3n) is 2.83. The lowest BCUT2D eigenvalue weighted by Gasteiger charge is -2.21. The van der Waals surface area contributed by atoms with E-state index in [0.717, 1.165) is 0 Å². The second-order valence-corrected chi connectivity index (χ2v) is 5.41. The van der Waals surface area contributed by atoms with Crippen molar-refractivity contribution in [3.63, 3.8) is 0 Å². The van der Waals surface area contributed by atoms with Crippen LogP contribution in [0.3, 0.4) is 0 Å². The Morgan fingerprint density at radius 1 is 1.37 bits per heavy atom. The quantitative estimate of drug-likeness (QED) is 0.870. The van der Waals surface area contributed by atoms with Crippen LogP contribution < -0.4 is 0 Å². The zero-order valence-corrected chi connectivity index (χ0v) is 12.0. The average molecular weight is 268 g/mol. The number of carboxylic acids is 1. The number of rotatable bonds is 4. The zero-order valence-electron chi connectivity index (χ0n) is 12.0. The number of hydrogen-bond acceptors (Lipinski definition) is 4. The Hall–Kier alpha value is -1.92. The second kappa shape index (κ2) is 5.38. The highest BCUT2D eigenvalue weighted by Crippen LogP contribution is 2.24. The maximum atomic E-state index is 11.9. The van der Waals surface area contributed by atoms with E-state index in [-0.39, 0.29) is 18.1 Å². The standard InChI is InChI=1S/C12H20N4O3/c1-6-15(5)8(17)7-16-10(12(2,3)4)9(11(18)19)13-14-16/h6-7H2,1-5H3,(H,18,19). The molecule has 0 bridgehead atoms. The van der Waals surface area contributed by atoms with Gasteiger partial charge in [0.2, 0.25) is 5.91 Å². The van der Waals surface area contributed by atoms with E-state index in [1.165, 1.54) is 4.68 Å². The van der Waals surface area contributed by atoms with Gasteiger partial charge in [0.05, 0.1) is 5.69 Å². The van der Waals surface area contributed by atoms with Crippen LogP contribution in [0, 0.1) is 0 Å². The van der Waals surface area contributed by atoms with E-state index >= 15 is 0 Å². The summed E-state index contributed by atoms with van der Waals surface area (Å²) in [6.45, 7) is 8.04. The molecule has 0 saturated carbocycles. The fourth-order valence-corrected chi connectivity index (χ4v) is 1.74. The molecule has 0 fully saturated rings. The summed E-state index contributed by atoms with van der Waals surface area (Å²) < 4.78 is 1.37. The number of nitrogens with zero attached hydrogens (tertiary/aromatic N) is 4. The first-order valence-electron chi connectivity index (χ1n) is 6.09. The Kier molecular flexibility index (Phi) is 4.28. The van der Waals surface area contributed by atoms with Gasteiger partial charge in [-0.2, -0.15) is 0 Å². The van der Waals surface area contributed by atoms with Crippen LogP contribution in [-0.4, -0.2) is 50.5 Å². The molecule has 1 aromatic heterocycles. The number of carbonyl (C=O) groups is 2. The van der Waals surface area contributed by atoms with Crippen LogP contribution >= 0.6 is 0 Å². The predicted molar refractivity (Wildman–Crippen MR) is 69.0 cm³/mol. The lowest BCUT2D eigenvalue weighted by Crippen LogP contribution is -2.32. The number of carboxylic acid groups (broad SMARTS) is 1. The van der Waals surface area contributed by atoms with Crippen molar-refractivity contribution >= 4 is 11.9 Å². The lowest BCUT2D eigenvalue weighted by atomic mass is 9.90. The van der Waals surface area contributed by atoms with Gasteiger partial charge in [0.1, 0.15) is 6.54 Å². The molecule has 0 spiro atoms. The van der Waals surface area contributed by atoms with Crippen LogP contribution in [0.4, 0.5) is 0 Å². The lowest BCUT2D eigenvalue weighted by molar-refractivity contribution is -0.130. The molecule has 0 aliphatic rings. The minimum absolute atomic E-state index is 0.00275. The molecule has 0 radical (unpaired) electrons. The summed E-state index contributed by atoms with van der Waals surface area (Å²) in [5.41, 5.74) is -0.0974. The van der Waals surface area contributed by atoms with E-state index < -0.39 is 11.4 Å². The highest BCUT2D eigenvalue weighted by Gasteiger charge is 2.29. The summed E-state index contributed by atoms with van der Waals surface area (Å²) in [6, 6.07) is 0. The molecule has 1 heterocycles. The molecular weight excluding hydrogens is 248 g/mol. The zero-order chi connectivity index (χ0) is 14.8. The van der Waals surface area contributed by atoms with Crippen molar-refractivity contribution in [3.05, 3.63) is 11.4 Å². The molecule has 19 heavy (non-hydrogen) atoms. The Balaban J connectivity index is 3.16. The molecule has 0 atom stereocenters. The van der Waals surface area contributed by atoms with Crippen LogP contribution in [0.5, 0.6) is 0 Å². The van der Waals surface area contributed by atoms with Crippen LogP contribution in [-0.2, 0) is 16.8 Å². The first-order valence-corrected chi connectivity index (χ1v) is 6.09. The highest BCUT2D eigenvalue weighted by atomic mass is 16.4. The normalized spacial score (nSPS) is 11.4. The van der Waals surface area contributed by atoms with Crippen molar-refractivity contribution in [2.45, 2.75) is 39.7 Å². The van der Waals surface area contributed by atoms with Crippen LogP contribution in [0.25, 0.3) is 0 Å². The molecular formula is C12H20N4O3. The molecule has 7 heteroatoms. The van der Waals surface area contributed by atoms with Gasteiger partial charge in [-0.25, -0.2) is 9.48 Å². The van der Waals surface area contributed by atoms with Gasteiger partial charge >= 0.3 is 5.97 Å². The molecule has 0 aromatic carbocycles. The van der Waals surface area contributed by atoms with E-state index in [4.69, 9.17) is 5.11 Å². The van der Waals surface area contributed by atoms with Crippen LogP contribution in [0.2, 0.25) is 0 Å². The first kappa shape index (κ1) is 15.1. The summed E-state index contributed by atoms with van der Waals surface area (Å²) in [5, 5.41) is 16.6. The molecule has 1 rings (SSSR count). The second-order valence-electron chi connectivity index (χ2n) is 5.41. The third-order valence-corrected chi connectivity index (χ3v) is 2.83. The fraction of sp³-hybridized carbons (Fsp3) is 0.667. The van der Waals surface area contributed by atoms with E-state index in [1.807, 2.05) is 27.7 Å². The van der Waals surface area contributed by atoms with Crippen molar-refractivity contribution < 1.29 is 14.7 Å². The molecule has 1 aromatic rings. The SMILES string of the molecule is CCN(C)C(=O)Cn1nnc(C(=O)O)c1C(C)(C)C. The van der Waals surface area contributed by atoms with Crippen molar-refractivity contribution in [1.82, 2.24) is 19.9 Å². The summed E-state index contributed by atoms with van der Waals surface area (Å²) in [5.74, 6) is -1.26. The predicted octanol–water partition coefficient (Wildman–Crippen LogP) is 0.752. The Morgan fingerprint density at radius 2 is 1.95 bits per heavy atom. The van der Waals surface area contributed by atoms with Crippen molar-refractivity contribution in [1.29, 1.82) is 0 Å². The molecule has 0 unspecified atom stereocenters. The van der Waals surface area contributed by atoms with Gasteiger partial charge in [0.25, 0.3) is 0 Å². The van der Waals surface area contributed by atoms with Crippen LogP contribution in [0.1, 0.15) is 43.9 Å². The summed E-state index contributed by atoms with van der Waals surface area (Å²) in [4.78, 5) is 24.6. The van der Waals surface area contributed by atoms with Crippen molar-refractivity contribution in [2.24, 2.45) is 0 Å². The average Bonchev–Trinajstić information content (AvgIpc) is 2.71. The van der Waals surface area contributed by atoms with Gasteiger partial charge in [0, 0.05) is 19.0 Å². The molecule has 0 aliphatic heterocycles. The number of amides is 1. The number of carbonyl (C=O) groups excluding carboxylic acids is 1. The number of aromatic carboxylic acids is 1. The first-order chi connectivity index (χ1) is 8.68. The monoisotopic (exact) mass is 268 g/mol. The summed E-state index contributed by atoms with van der Waals surface area (Å²) in [6.07, 6.45) is 0. The van der Waals surface area contributed by atoms with Gasteiger partial charge in [-0.3, -0.25) is 4.79 Å². The maximum absolute atomic E-state index is 11.9. The minimum Gasteiger partial charge on any atom is -0.476 e. The largest absolute Gasteiger partial charge is 0.476 e. The van der Waals surface area contributed by atoms with Gasteiger partial charge in [-0.1, -0.05) is 26.0 Å². The fourth-order valence-electron chi connectivity index (χ4n) is 1.74. The summed E-state index contributed by atoms with van der Waals surface area (Å²) >= 11 is 0. The number of hydrogen-bond donors (Lipinski definition) is 1. The Labute approximate surface area is 112 Å². The van der Waals surface area contributed by atoms with Crippen LogP contribution in [0.15, 0.2) is 0 Å². The van der Waals surface area contributed by atoms with Crippen molar-refractivity contribution in [2.75, 3.05) is 13.6 Å². The number of aromatic nitrogens is 3. The highest BCUT2D eigenvalue weighted by molar-refractivity contribution is 5.87. The van der Waals surface area contributed by atoms with E-state index in [2.05, 4.69) is 10.3 Å². The third kappa shape index (κ3) is 3.30. The molecule has 1 amide bonds. The molecule has 1 N–H and O–H groups in total. The Morgan fingerprint density at radius 3 is 2.37 bits per heavy atom. The van der Waals surface area contributed by atoms with Gasteiger partial charge in [0.15, 0.2) is 5.69 Å².